The van der Waals surface area contributed by atoms with E-state index >= 15 is 0 Å². The van der Waals surface area contributed by atoms with Gasteiger partial charge in [0.05, 0.1) is 6.54 Å². The molecule has 0 bridgehead atoms. The van der Waals surface area contributed by atoms with Gasteiger partial charge in [-0.05, 0) is 24.1 Å². The maximum atomic E-state index is 13.6. The van der Waals surface area contributed by atoms with Crippen LogP contribution < -0.4 is 5.32 Å². The minimum absolute atomic E-state index is 0.143. The molecule has 0 aliphatic heterocycles. The molecule has 0 fully saturated rings. The normalized spacial score (nSPS) is 10.6. The molecule has 0 saturated heterocycles. The first-order valence-electron chi connectivity index (χ1n) is 6.10. The molecule has 0 aliphatic rings. The summed E-state index contributed by atoms with van der Waals surface area (Å²) in [5.41, 5.74) is 0.530. The molecule has 0 atom stereocenters. The Hall–Kier alpha value is -1.76. The highest BCUT2D eigenvalue weighted by Crippen LogP contribution is 2.16. The van der Waals surface area contributed by atoms with E-state index in [1.165, 1.54) is 6.07 Å². The minimum atomic E-state index is -0.305. The zero-order valence-electron chi connectivity index (χ0n) is 10.9. The largest absolute Gasteiger partial charge is 0.349 e. The first-order chi connectivity index (χ1) is 9.56. The maximum Gasteiger partial charge on any atom is 0.220 e. The van der Waals surface area contributed by atoms with E-state index < -0.39 is 0 Å². The summed E-state index contributed by atoms with van der Waals surface area (Å²) in [6.45, 7) is 0.318. The zero-order valence-corrected chi connectivity index (χ0v) is 12.5. The van der Waals surface area contributed by atoms with E-state index in [4.69, 9.17) is 0 Å². The van der Waals surface area contributed by atoms with Crippen LogP contribution in [0.1, 0.15) is 17.8 Å². The van der Waals surface area contributed by atoms with Crippen molar-refractivity contribution in [2.45, 2.75) is 19.4 Å². The fourth-order valence-electron chi connectivity index (χ4n) is 1.71. The van der Waals surface area contributed by atoms with Crippen LogP contribution in [0.2, 0.25) is 0 Å². The lowest BCUT2D eigenvalue weighted by atomic mass is 10.1. The summed E-state index contributed by atoms with van der Waals surface area (Å²) in [6, 6.07) is 4.83. The van der Waals surface area contributed by atoms with E-state index in [1.807, 2.05) is 0 Å². The summed E-state index contributed by atoms with van der Waals surface area (Å²) >= 11 is 3.20. The molecule has 7 heteroatoms. The number of hydrogen-bond donors (Lipinski definition) is 1. The minimum Gasteiger partial charge on any atom is -0.349 e. The molecule has 0 radical (unpaired) electrons. The number of benzene rings is 1. The lowest BCUT2D eigenvalue weighted by Gasteiger charge is -2.06. The van der Waals surface area contributed by atoms with Gasteiger partial charge in [0.1, 0.15) is 12.1 Å². The SMILES string of the molecule is Cn1cnnc1CNC(=O)CCc1ccc(Br)cc1F. The third kappa shape index (κ3) is 3.86. The summed E-state index contributed by atoms with van der Waals surface area (Å²) in [5, 5.41) is 10.3. The van der Waals surface area contributed by atoms with Crippen LogP contribution in [-0.4, -0.2) is 20.7 Å². The van der Waals surface area contributed by atoms with Crippen molar-refractivity contribution in [1.82, 2.24) is 20.1 Å². The Kier molecular flexibility index (Phi) is 4.84. The molecule has 0 saturated carbocycles. The first-order valence-corrected chi connectivity index (χ1v) is 6.89. The van der Waals surface area contributed by atoms with Crippen LogP contribution in [0, 0.1) is 5.82 Å². The summed E-state index contributed by atoms with van der Waals surface area (Å²) in [7, 11) is 1.80. The van der Waals surface area contributed by atoms with Crippen LogP contribution in [0.4, 0.5) is 4.39 Å². The van der Waals surface area contributed by atoms with Crippen molar-refractivity contribution < 1.29 is 9.18 Å². The number of amides is 1. The number of aryl methyl sites for hydroxylation is 2. The number of halogens is 2. The van der Waals surface area contributed by atoms with Crippen LogP contribution in [0.5, 0.6) is 0 Å². The predicted octanol–water partition coefficient (Wildman–Crippen LogP) is 1.97. The number of nitrogens with one attached hydrogen (secondary N) is 1. The van der Waals surface area contributed by atoms with Crippen LogP contribution >= 0.6 is 15.9 Å². The Balaban J connectivity index is 1.82. The van der Waals surface area contributed by atoms with Gasteiger partial charge in [-0.25, -0.2) is 4.39 Å². The second kappa shape index (κ2) is 6.60. The Morgan fingerprint density at radius 2 is 2.30 bits per heavy atom. The number of carbonyl (C=O) groups excluding carboxylic acids is 1. The summed E-state index contributed by atoms with van der Waals surface area (Å²) in [5.74, 6) is 0.226. The van der Waals surface area contributed by atoms with Crippen molar-refractivity contribution >= 4 is 21.8 Å². The lowest BCUT2D eigenvalue weighted by Crippen LogP contribution is -2.24. The second-order valence-electron chi connectivity index (χ2n) is 4.37. The van der Waals surface area contributed by atoms with Crippen LogP contribution in [-0.2, 0) is 24.8 Å². The fourth-order valence-corrected chi connectivity index (χ4v) is 2.04. The zero-order chi connectivity index (χ0) is 14.5. The molecule has 1 aromatic carbocycles. The van der Waals surface area contributed by atoms with Gasteiger partial charge >= 0.3 is 0 Å². The standard InChI is InChI=1S/C13H14BrFN4O/c1-19-8-17-18-12(19)7-16-13(20)5-3-9-2-4-10(14)6-11(9)15/h2,4,6,8H,3,5,7H2,1H3,(H,16,20). The predicted molar refractivity (Wildman–Crippen MR) is 75.3 cm³/mol. The van der Waals surface area contributed by atoms with Crippen molar-refractivity contribution in [2.75, 3.05) is 0 Å². The molecule has 2 rings (SSSR count). The smallest absolute Gasteiger partial charge is 0.220 e. The second-order valence-corrected chi connectivity index (χ2v) is 5.29. The molecule has 1 aromatic heterocycles. The van der Waals surface area contributed by atoms with E-state index in [1.54, 1.807) is 30.1 Å². The van der Waals surface area contributed by atoms with E-state index in [-0.39, 0.29) is 18.1 Å². The summed E-state index contributed by atoms with van der Waals surface area (Å²) in [4.78, 5) is 11.7. The van der Waals surface area contributed by atoms with E-state index in [0.717, 1.165) is 0 Å². The molecule has 1 amide bonds. The van der Waals surface area contributed by atoms with Crippen LogP contribution in [0.15, 0.2) is 29.0 Å². The fraction of sp³-hybridized carbons (Fsp3) is 0.308. The maximum absolute atomic E-state index is 13.6. The van der Waals surface area contributed by atoms with E-state index in [2.05, 4.69) is 31.4 Å². The summed E-state index contributed by atoms with van der Waals surface area (Å²) < 4.78 is 16.0. The molecule has 20 heavy (non-hydrogen) atoms. The Labute approximate surface area is 124 Å². The van der Waals surface area contributed by atoms with Crippen molar-refractivity contribution in [1.29, 1.82) is 0 Å². The topological polar surface area (TPSA) is 59.8 Å². The molecule has 1 N–H and O–H groups in total. The Bertz CT molecular complexity index is 614. The average Bonchev–Trinajstić information content (AvgIpc) is 2.81. The highest BCUT2D eigenvalue weighted by Gasteiger charge is 2.08. The van der Waals surface area contributed by atoms with Gasteiger partial charge in [0.15, 0.2) is 5.82 Å². The highest BCUT2D eigenvalue weighted by atomic mass is 79.9. The van der Waals surface area contributed by atoms with Gasteiger partial charge in [-0.15, -0.1) is 10.2 Å². The number of nitrogens with zero attached hydrogens (tertiary/aromatic N) is 3. The molecule has 5 nitrogen and oxygen atoms in total. The average molecular weight is 341 g/mol. The van der Waals surface area contributed by atoms with Crippen LogP contribution in [0.25, 0.3) is 0 Å². The number of aromatic nitrogens is 3. The van der Waals surface area contributed by atoms with Gasteiger partial charge in [0.2, 0.25) is 5.91 Å². The van der Waals surface area contributed by atoms with Crippen molar-refractivity contribution in [2.24, 2.45) is 7.05 Å². The molecular weight excluding hydrogens is 327 g/mol. The van der Waals surface area contributed by atoms with Gasteiger partial charge in [-0.2, -0.15) is 0 Å². The van der Waals surface area contributed by atoms with Crippen molar-refractivity contribution in [3.63, 3.8) is 0 Å². The number of carbonyl (C=O) groups is 1. The third-order valence-corrected chi connectivity index (χ3v) is 3.38. The molecule has 2 aromatic rings. The van der Waals surface area contributed by atoms with Gasteiger partial charge in [0.25, 0.3) is 0 Å². The van der Waals surface area contributed by atoms with Crippen molar-refractivity contribution in [3.8, 4) is 0 Å². The van der Waals surface area contributed by atoms with Crippen molar-refractivity contribution in [3.05, 3.63) is 46.2 Å². The Morgan fingerprint density at radius 1 is 1.50 bits per heavy atom. The molecule has 0 aliphatic carbocycles. The van der Waals surface area contributed by atoms with E-state index in [9.17, 15) is 9.18 Å². The van der Waals surface area contributed by atoms with Gasteiger partial charge < -0.3 is 9.88 Å². The monoisotopic (exact) mass is 340 g/mol. The molecule has 0 unspecified atom stereocenters. The number of rotatable bonds is 5. The van der Waals surface area contributed by atoms with Gasteiger partial charge in [-0.3, -0.25) is 4.79 Å². The highest BCUT2D eigenvalue weighted by molar-refractivity contribution is 9.10. The van der Waals surface area contributed by atoms with Crippen LogP contribution in [0.3, 0.4) is 0 Å². The molecule has 0 spiro atoms. The quantitative estimate of drug-likeness (QED) is 0.905. The Morgan fingerprint density at radius 3 is 2.95 bits per heavy atom. The van der Waals surface area contributed by atoms with E-state index in [0.29, 0.717) is 28.8 Å². The lowest BCUT2D eigenvalue weighted by molar-refractivity contribution is -0.121. The van der Waals surface area contributed by atoms with Gasteiger partial charge in [-0.1, -0.05) is 22.0 Å². The molecule has 106 valence electrons. The van der Waals surface area contributed by atoms with Gasteiger partial charge in [0, 0.05) is 17.9 Å². The third-order valence-electron chi connectivity index (χ3n) is 2.89. The summed E-state index contributed by atoms with van der Waals surface area (Å²) in [6.07, 6.45) is 2.17. The molecular formula is C13H14BrFN4O. The number of hydrogen-bond acceptors (Lipinski definition) is 3. The first kappa shape index (κ1) is 14.6. The molecule has 1 heterocycles.